The Hall–Kier alpha value is -4.00. The van der Waals surface area contributed by atoms with Crippen molar-refractivity contribution in [2.24, 2.45) is 0 Å². The van der Waals surface area contributed by atoms with Crippen molar-refractivity contribution in [1.29, 1.82) is 0 Å². The summed E-state index contributed by atoms with van der Waals surface area (Å²) in [5, 5.41) is 41.8. The Balaban J connectivity index is 1.68. The van der Waals surface area contributed by atoms with E-state index in [0.29, 0.717) is 0 Å². The second-order valence-electron chi connectivity index (χ2n) is 8.68. The zero-order chi connectivity index (χ0) is 27.2. The molecular weight excluding hydrogens is 492 g/mol. The lowest BCUT2D eigenvalue weighted by Crippen LogP contribution is -2.61. The second-order valence-corrected chi connectivity index (χ2v) is 8.68. The summed E-state index contributed by atoms with van der Waals surface area (Å²) in [5.74, 6) is -3.67. The molecule has 1 heterocycles. The van der Waals surface area contributed by atoms with E-state index in [2.05, 4.69) is 0 Å². The van der Waals surface area contributed by atoms with E-state index in [1.165, 1.54) is 25.1 Å². The van der Waals surface area contributed by atoms with Crippen molar-refractivity contribution in [2.45, 2.75) is 51.5 Å². The summed E-state index contributed by atoms with van der Waals surface area (Å²) in [6.07, 6.45) is -7.74. The molecule has 12 nitrogen and oxygen atoms in total. The fourth-order valence-corrected chi connectivity index (χ4v) is 4.27. The minimum absolute atomic E-state index is 0.0117. The van der Waals surface area contributed by atoms with Gasteiger partial charge in [-0.1, -0.05) is 0 Å². The van der Waals surface area contributed by atoms with Crippen LogP contribution in [0, 0.1) is 6.92 Å². The van der Waals surface area contributed by atoms with Crippen LogP contribution in [0.1, 0.15) is 51.3 Å². The molecular formula is C25H24O12. The Morgan fingerprint density at radius 1 is 0.946 bits per heavy atom. The highest BCUT2D eigenvalue weighted by Gasteiger charge is 2.48. The van der Waals surface area contributed by atoms with Gasteiger partial charge >= 0.3 is 11.9 Å². The molecule has 5 atom stereocenters. The van der Waals surface area contributed by atoms with Gasteiger partial charge in [-0.3, -0.25) is 19.2 Å². The maximum atomic E-state index is 13.1. The van der Waals surface area contributed by atoms with Gasteiger partial charge in [-0.25, -0.2) is 0 Å². The topological polar surface area (TPSA) is 186 Å². The van der Waals surface area contributed by atoms with Crippen molar-refractivity contribution >= 4 is 23.5 Å². The van der Waals surface area contributed by atoms with Crippen molar-refractivity contribution in [3.63, 3.8) is 0 Å². The van der Waals surface area contributed by atoms with Crippen LogP contribution < -0.4 is 4.74 Å². The number of aliphatic hydroxyl groups excluding tert-OH is 2. The third-order valence-corrected chi connectivity index (χ3v) is 6.11. The molecule has 4 rings (SSSR count). The molecule has 0 spiro atoms. The normalized spacial score (nSPS) is 24.6. The van der Waals surface area contributed by atoms with Gasteiger partial charge in [0.25, 0.3) is 0 Å². The van der Waals surface area contributed by atoms with Crippen molar-refractivity contribution in [2.75, 3.05) is 6.61 Å². The minimum Gasteiger partial charge on any atom is -0.508 e. The first kappa shape index (κ1) is 26.1. The Morgan fingerprint density at radius 2 is 1.65 bits per heavy atom. The molecule has 0 radical (unpaired) electrons. The number of esters is 2. The summed E-state index contributed by atoms with van der Waals surface area (Å²) < 4.78 is 21.3. The number of phenolic OH excluding ortho intramolecular Hbond substituents is 2. The van der Waals surface area contributed by atoms with Crippen LogP contribution in [0.25, 0.3) is 0 Å². The number of aliphatic hydroxyl groups is 2. The van der Waals surface area contributed by atoms with Gasteiger partial charge in [-0.2, -0.15) is 0 Å². The molecule has 2 aromatic rings. The lowest BCUT2D eigenvalue weighted by Gasteiger charge is -2.41. The fraction of sp³-hybridized carbons (Fsp3) is 0.360. The number of hydrogen-bond acceptors (Lipinski definition) is 12. The van der Waals surface area contributed by atoms with Gasteiger partial charge in [0.2, 0.25) is 6.29 Å². The number of carbonyl (C=O) groups excluding carboxylic acids is 4. The molecule has 0 amide bonds. The number of benzene rings is 2. The number of ether oxygens (including phenoxy) is 4. The van der Waals surface area contributed by atoms with Crippen molar-refractivity contribution < 1.29 is 58.6 Å². The standard InChI is InChI=1S/C25H24O12/c1-9-16(7-15-18(19(9)29)21(31)13-5-4-12(28)6-14(13)20(15)30)36-25-23(33)22(32)24(35-11(3)27)17(37-25)8-34-10(2)26/h4-7,17,22-25,28-29,32-33H,8H2,1-3H3/t17-,22-,23-,24-,25-/m1/s1. The van der Waals surface area contributed by atoms with E-state index >= 15 is 0 Å². The molecule has 1 saturated heterocycles. The Labute approximate surface area is 209 Å². The largest absolute Gasteiger partial charge is 0.508 e. The maximum Gasteiger partial charge on any atom is 0.303 e. The van der Waals surface area contributed by atoms with Gasteiger partial charge in [-0.05, 0) is 31.2 Å². The Kier molecular flexibility index (Phi) is 6.91. The van der Waals surface area contributed by atoms with Crippen LogP contribution in [0.3, 0.4) is 0 Å². The molecule has 1 fully saturated rings. The molecule has 0 unspecified atom stereocenters. The van der Waals surface area contributed by atoms with Crippen LogP contribution in [0.15, 0.2) is 24.3 Å². The molecule has 0 aromatic heterocycles. The van der Waals surface area contributed by atoms with Gasteiger partial charge in [-0.15, -0.1) is 0 Å². The molecule has 1 aliphatic heterocycles. The maximum absolute atomic E-state index is 13.1. The molecule has 2 aromatic carbocycles. The van der Waals surface area contributed by atoms with E-state index in [9.17, 15) is 39.6 Å². The quantitative estimate of drug-likeness (QED) is 0.345. The summed E-state index contributed by atoms with van der Waals surface area (Å²) in [7, 11) is 0. The molecule has 2 aliphatic rings. The third-order valence-electron chi connectivity index (χ3n) is 6.11. The number of carbonyl (C=O) groups is 4. The van der Waals surface area contributed by atoms with Crippen LogP contribution in [0.5, 0.6) is 17.2 Å². The van der Waals surface area contributed by atoms with E-state index in [4.69, 9.17) is 18.9 Å². The van der Waals surface area contributed by atoms with Gasteiger partial charge in [0.15, 0.2) is 17.7 Å². The van der Waals surface area contributed by atoms with E-state index in [0.717, 1.165) is 19.9 Å². The monoisotopic (exact) mass is 516 g/mol. The predicted octanol–water partition coefficient (Wildman–Crippen LogP) is 0.502. The number of rotatable bonds is 5. The van der Waals surface area contributed by atoms with Gasteiger partial charge in [0.05, 0.1) is 5.56 Å². The van der Waals surface area contributed by atoms with E-state index in [1.807, 2.05) is 0 Å². The minimum atomic E-state index is -1.77. The predicted molar refractivity (Wildman–Crippen MR) is 121 cm³/mol. The van der Waals surface area contributed by atoms with E-state index in [-0.39, 0.29) is 39.3 Å². The van der Waals surface area contributed by atoms with Gasteiger partial charge < -0.3 is 39.4 Å². The molecule has 12 heteroatoms. The summed E-state index contributed by atoms with van der Waals surface area (Å²) in [6.45, 7) is 3.18. The molecule has 0 bridgehead atoms. The average Bonchev–Trinajstić information content (AvgIpc) is 2.83. The first-order valence-corrected chi connectivity index (χ1v) is 11.2. The number of ketones is 2. The van der Waals surface area contributed by atoms with Crippen LogP contribution >= 0.6 is 0 Å². The van der Waals surface area contributed by atoms with Crippen LogP contribution in [-0.4, -0.2) is 81.2 Å². The molecule has 0 saturated carbocycles. The average molecular weight is 516 g/mol. The summed E-state index contributed by atoms with van der Waals surface area (Å²) in [4.78, 5) is 48.9. The Morgan fingerprint density at radius 3 is 2.30 bits per heavy atom. The first-order valence-electron chi connectivity index (χ1n) is 11.2. The second kappa shape index (κ2) is 9.81. The van der Waals surface area contributed by atoms with Crippen LogP contribution in [-0.2, 0) is 23.8 Å². The molecule has 37 heavy (non-hydrogen) atoms. The highest BCUT2D eigenvalue weighted by molar-refractivity contribution is 6.29. The zero-order valence-corrected chi connectivity index (χ0v) is 20.0. The molecule has 1 aliphatic carbocycles. The van der Waals surface area contributed by atoms with Crippen molar-refractivity contribution in [1.82, 2.24) is 0 Å². The van der Waals surface area contributed by atoms with E-state index in [1.54, 1.807) is 0 Å². The number of hydrogen-bond donors (Lipinski definition) is 4. The van der Waals surface area contributed by atoms with Gasteiger partial charge in [0.1, 0.15) is 42.2 Å². The number of fused-ring (bicyclic) bond motifs is 2. The van der Waals surface area contributed by atoms with Crippen LogP contribution in [0.2, 0.25) is 0 Å². The molecule has 4 N–H and O–H groups in total. The van der Waals surface area contributed by atoms with Gasteiger partial charge in [0, 0.05) is 36.1 Å². The van der Waals surface area contributed by atoms with E-state index < -0.39 is 66.6 Å². The summed E-state index contributed by atoms with van der Waals surface area (Å²) in [6, 6.07) is 4.84. The summed E-state index contributed by atoms with van der Waals surface area (Å²) in [5.41, 5.74) is -0.479. The Bertz CT molecular complexity index is 1300. The third kappa shape index (κ3) is 4.73. The van der Waals surface area contributed by atoms with Crippen molar-refractivity contribution in [3.8, 4) is 17.2 Å². The zero-order valence-electron chi connectivity index (χ0n) is 20.0. The number of aromatic hydroxyl groups is 2. The number of phenols is 2. The van der Waals surface area contributed by atoms with Crippen LogP contribution in [0.4, 0.5) is 0 Å². The SMILES string of the molecule is CC(=O)OC[C@H]1O[C@@H](Oc2cc3c(c(O)c2C)C(=O)c2ccc(O)cc2C3=O)[C@H](O)[C@@H](O)[C@@H]1OC(C)=O. The smallest absolute Gasteiger partial charge is 0.303 e. The molecule has 196 valence electrons. The lowest BCUT2D eigenvalue weighted by atomic mass is 9.82. The highest BCUT2D eigenvalue weighted by Crippen LogP contribution is 2.41. The highest BCUT2D eigenvalue weighted by atomic mass is 16.7. The summed E-state index contributed by atoms with van der Waals surface area (Å²) >= 11 is 0. The fourth-order valence-electron chi connectivity index (χ4n) is 4.27. The van der Waals surface area contributed by atoms with Crippen molar-refractivity contribution in [3.05, 3.63) is 52.1 Å². The first-order chi connectivity index (χ1) is 17.4. The lowest BCUT2D eigenvalue weighted by molar-refractivity contribution is -0.282.